The summed E-state index contributed by atoms with van der Waals surface area (Å²) in [5.41, 5.74) is 1.09. The molecule has 0 spiro atoms. The van der Waals surface area contributed by atoms with Gasteiger partial charge in [-0.3, -0.25) is 9.59 Å². The smallest absolute Gasteiger partial charge is 0.273 e. The number of benzene rings is 2. The number of H-pyrrole nitrogens is 1. The topological polar surface area (TPSA) is 106 Å². The summed E-state index contributed by atoms with van der Waals surface area (Å²) < 4.78 is 24.5. The van der Waals surface area contributed by atoms with Crippen molar-refractivity contribution in [2.75, 3.05) is 7.11 Å². The molecule has 0 saturated heterocycles. The number of carbonyl (C=O) groups excluding carboxylic acids is 1. The van der Waals surface area contributed by atoms with Crippen LogP contribution in [0.2, 0.25) is 0 Å². The average Bonchev–Trinajstić information content (AvgIpc) is 3.60. The van der Waals surface area contributed by atoms with Gasteiger partial charge in [0.1, 0.15) is 18.1 Å². The van der Waals surface area contributed by atoms with E-state index < -0.39 is 0 Å². The number of halogens is 1. The molecule has 2 aromatic carbocycles. The van der Waals surface area contributed by atoms with Gasteiger partial charge in [0.25, 0.3) is 5.56 Å². The van der Waals surface area contributed by atoms with Crippen molar-refractivity contribution in [3.8, 4) is 22.9 Å². The molecule has 1 aromatic heterocycles. The first kappa shape index (κ1) is 21.5. The number of aryl methyl sites for hydroxylation is 1. The van der Waals surface area contributed by atoms with E-state index in [4.69, 9.17) is 9.47 Å². The standard InChI is InChI=1S/C23H23FN4O4/c1-31-20-12-15(5-9-19(20)32-13-14-3-2-4-16(24)11-14)22-26-23(30)18(27-28-22)8-10-21(29)25-17-6-7-17/h2-5,9,11-12,17H,6-8,10,13H2,1H3,(H,25,29)(H,26,28,30). The Morgan fingerprint density at radius 3 is 2.75 bits per heavy atom. The summed E-state index contributed by atoms with van der Waals surface area (Å²) in [7, 11) is 1.50. The van der Waals surface area contributed by atoms with Gasteiger partial charge in [-0.1, -0.05) is 12.1 Å². The van der Waals surface area contributed by atoms with Crippen LogP contribution in [0.1, 0.15) is 30.5 Å². The Labute approximate surface area is 183 Å². The molecule has 1 aliphatic carbocycles. The molecule has 1 heterocycles. The largest absolute Gasteiger partial charge is 0.493 e. The van der Waals surface area contributed by atoms with Crippen LogP contribution in [0.15, 0.2) is 47.3 Å². The second-order valence-electron chi connectivity index (χ2n) is 7.58. The van der Waals surface area contributed by atoms with Crippen LogP contribution in [0.4, 0.5) is 4.39 Å². The SMILES string of the molecule is COc1cc(-c2nnc(CCC(=O)NC3CC3)c(=O)[nH]2)ccc1OCc1cccc(F)c1. The van der Waals surface area contributed by atoms with E-state index in [1.807, 2.05) is 0 Å². The number of hydrogen-bond acceptors (Lipinski definition) is 6. The summed E-state index contributed by atoms with van der Waals surface area (Å²) in [5, 5.41) is 11.0. The summed E-state index contributed by atoms with van der Waals surface area (Å²) >= 11 is 0. The summed E-state index contributed by atoms with van der Waals surface area (Å²) in [6.45, 7) is 0.174. The van der Waals surface area contributed by atoms with E-state index in [1.165, 1.54) is 19.2 Å². The van der Waals surface area contributed by atoms with Gasteiger partial charge in [-0.2, -0.15) is 0 Å². The maximum absolute atomic E-state index is 13.3. The molecule has 0 unspecified atom stereocenters. The van der Waals surface area contributed by atoms with Crippen molar-refractivity contribution in [1.29, 1.82) is 0 Å². The van der Waals surface area contributed by atoms with Crippen LogP contribution in [-0.2, 0) is 17.8 Å². The highest BCUT2D eigenvalue weighted by molar-refractivity contribution is 5.76. The maximum atomic E-state index is 13.3. The molecule has 4 rings (SSSR count). The van der Waals surface area contributed by atoms with Gasteiger partial charge in [0.05, 0.1) is 7.11 Å². The van der Waals surface area contributed by atoms with E-state index in [-0.39, 0.29) is 54.3 Å². The number of carbonyl (C=O) groups is 1. The fourth-order valence-electron chi connectivity index (χ4n) is 3.14. The Hall–Kier alpha value is -3.75. The van der Waals surface area contributed by atoms with Crippen LogP contribution in [0.25, 0.3) is 11.4 Å². The van der Waals surface area contributed by atoms with E-state index in [0.29, 0.717) is 22.6 Å². The minimum absolute atomic E-state index is 0.0867. The molecule has 2 N–H and O–H groups in total. The molecular weight excluding hydrogens is 415 g/mol. The van der Waals surface area contributed by atoms with Crippen LogP contribution in [-0.4, -0.2) is 34.2 Å². The third kappa shape index (κ3) is 5.48. The van der Waals surface area contributed by atoms with Crippen molar-refractivity contribution in [3.05, 3.63) is 69.9 Å². The molecule has 0 bridgehead atoms. The molecule has 32 heavy (non-hydrogen) atoms. The molecule has 1 aliphatic rings. The molecular formula is C23H23FN4O4. The van der Waals surface area contributed by atoms with E-state index in [9.17, 15) is 14.0 Å². The second-order valence-corrected chi connectivity index (χ2v) is 7.58. The van der Waals surface area contributed by atoms with E-state index in [2.05, 4.69) is 20.5 Å². The minimum atomic E-state index is -0.389. The van der Waals surface area contributed by atoms with Crippen molar-refractivity contribution < 1.29 is 18.7 Å². The van der Waals surface area contributed by atoms with E-state index in [1.54, 1.807) is 30.3 Å². The van der Waals surface area contributed by atoms with Gasteiger partial charge in [-0.05, 0) is 48.7 Å². The second kappa shape index (κ2) is 9.59. The Morgan fingerprint density at radius 1 is 1.19 bits per heavy atom. The van der Waals surface area contributed by atoms with Crippen LogP contribution in [0, 0.1) is 5.82 Å². The maximum Gasteiger partial charge on any atom is 0.273 e. The van der Waals surface area contributed by atoms with Gasteiger partial charge < -0.3 is 19.8 Å². The zero-order chi connectivity index (χ0) is 22.5. The highest BCUT2D eigenvalue weighted by Crippen LogP contribution is 2.31. The number of hydrogen-bond donors (Lipinski definition) is 2. The lowest BCUT2D eigenvalue weighted by molar-refractivity contribution is -0.121. The fraction of sp³-hybridized carbons (Fsp3) is 0.304. The quantitative estimate of drug-likeness (QED) is 0.532. The summed E-state index contributed by atoms with van der Waals surface area (Å²) in [4.78, 5) is 26.9. The summed E-state index contributed by atoms with van der Waals surface area (Å²) in [6.07, 6.45) is 2.44. The lowest BCUT2D eigenvalue weighted by atomic mass is 10.2. The molecule has 0 radical (unpaired) electrons. The normalized spacial score (nSPS) is 12.9. The molecule has 0 atom stereocenters. The molecule has 0 aliphatic heterocycles. The zero-order valence-corrected chi connectivity index (χ0v) is 17.6. The lowest BCUT2D eigenvalue weighted by Crippen LogP contribution is -2.27. The zero-order valence-electron chi connectivity index (χ0n) is 17.6. The van der Waals surface area contributed by atoms with Crippen LogP contribution >= 0.6 is 0 Å². The molecule has 166 valence electrons. The number of aromatic nitrogens is 3. The van der Waals surface area contributed by atoms with E-state index in [0.717, 1.165) is 12.8 Å². The minimum Gasteiger partial charge on any atom is -0.493 e. The molecule has 9 heteroatoms. The van der Waals surface area contributed by atoms with Crippen molar-refractivity contribution in [1.82, 2.24) is 20.5 Å². The van der Waals surface area contributed by atoms with Crippen LogP contribution < -0.4 is 20.3 Å². The number of aromatic amines is 1. The first-order valence-electron chi connectivity index (χ1n) is 10.3. The highest BCUT2D eigenvalue weighted by Gasteiger charge is 2.23. The Kier molecular flexibility index (Phi) is 6.44. The van der Waals surface area contributed by atoms with E-state index >= 15 is 0 Å². The molecule has 8 nitrogen and oxygen atoms in total. The van der Waals surface area contributed by atoms with Gasteiger partial charge in [0, 0.05) is 24.4 Å². The monoisotopic (exact) mass is 438 g/mol. The predicted octanol–water partition coefficient (Wildman–Crippen LogP) is 2.77. The molecule has 1 amide bonds. The fourth-order valence-corrected chi connectivity index (χ4v) is 3.14. The number of nitrogens with zero attached hydrogens (tertiary/aromatic N) is 2. The van der Waals surface area contributed by atoms with Crippen LogP contribution in [0.3, 0.4) is 0 Å². The third-order valence-electron chi connectivity index (χ3n) is 5.02. The number of amides is 1. The van der Waals surface area contributed by atoms with Crippen molar-refractivity contribution in [3.63, 3.8) is 0 Å². The van der Waals surface area contributed by atoms with Crippen molar-refractivity contribution in [2.24, 2.45) is 0 Å². The van der Waals surface area contributed by atoms with Gasteiger partial charge in [-0.25, -0.2) is 4.39 Å². The Morgan fingerprint density at radius 2 is 2.03 bits per heavy atom. The Bertz CT molecular complexity index is 1180. The lowest BCUT2D eigenvalue weighted by Gasteiger charge is -2.12. The summed E-state index contributed by atoms with van der Waals surface area (Å²) in [5.74, 6) is 0.756. The Balaban J connectivity index is 1.43. The average molecular weight is 438 g/mol. The third-order valence-corrected chi connectivity index (χ3v) is 5.02. The molecule has 1 fully saturated rings. The summed E-state index contributed by atoms with van der Waals surface area (Å²) in [6, 6.07) is 11.5. The first-order chi connectivity index (χ1) is 15.5. The molecule has 1 saturated carbocycles. The van der Waals surface area contributed by atoms with Gasteiger partial charge >= 0.3 is 0 Å². The van der Waals surface area contributed by atoms with Gasteiger partial charge in [0.2, 0.25) is 5.91 Å². The number of ether oxygens (including phenoxy) is 2. The predicted molar refractivity (Wildman–Crippen MR) is 115 cm³/mol. The highest BCUT2D eigenvalue weighted by atomic mass is 19.1. The number of methoxy groups -OCH3 is 1. The number of rotatable bonds is 9. The van der Waals surface area contributed by atoms with Crippen LogP contribution in [0.5, 0.6) is 11.5 Å². The number of nitrogens with one attached hydrogen (secondary N) is 2. The van der Waals surface area contributed by atoms with Crippen molar-refractivity contribution >= 4 is 5.91 Å². The van der Waals surface area contributed by atoms with Crippen molar-refractivity contribution in [2.45, 2.75) is 38.3 Å². The van der Waals surface area contributed by atoms with Gasteiger partial charge in [0.15, 0.2) is 17.3 Å². The first-order valence-corrected chi connectivity index (χ1v) is 10.3. The molecule has 3 aromatic rings. The van der Waals surface area contributed by atoms with Gasteiger partial charge in [-0.15, -0.1) is 10.2 Å².